The van der Waals surface area contributed by atoms with Crippen LogP contribution in [0.25, 0.3) is 0 Å². The molecule has 0 atom stereocenters. The molecule has 1 aliphatic carbocycles. The summed E-state index contributed by atoms with van der Waals surface area (Å²) >= 11 is 19.2. The molecule has 174 valence electrons. The summed E-state index contributed by atoms with van der Waals surface area (Å²) in [6.45, 7) is 2.70. The van der Waals surface area contributed by atoms with Gasteiger partial charge in [0.1, 0.15) is 5.00 Å². The highest BCUT2D eigenvalue weighted by Gasteiger charge is 2.26. The highest BCUT2D eigenvalue weighted by Crippen LogP contribution is 2.38. The number of thiocarbonyl (C=S) groups is 1. The molecule has 6 nitrogen and oxygen atoms in total. The number of carbonyl (C=O) groups is 1. The van der Waals surface area contributed by atoms with Crippen molar-refractivity contribution in [2.45, 2.75) is 45.6 Å². The van der Waals surface area contributed by atoms with Gasteiger partial charge in [-0.25, -0.2) is 4.79 Å². The highest BCUT2D eigenvalue weighted by molar-refractivity contribution is 7.80. The first kappa shape index (κ1) is 24.0. The molecule has 2 heterocycles. The number of hydrogen-bond donors (Lipinski definition) is 2. The van der Waals surface area contributed by atoms with Crippen LogP contribution in [0.15, 0.2) is 30.5 Å². The zero-order valence-electron chi connectivity index (χ0n) is 18.1. The van der Waals surface area contributed by atoms with Gasteiger partial charge >= 0.3 is 5.97 Å². The predicted molar refractivity (Wildman–Crippen MR) is 139 cm³/mol. The Balaban J connectivity index is 1.46. The van der Waals surface area contributed by atoms with Crippen LogP contribution in [0.2, 0.25) is 10.0 Å². The van der Waals surface area contributed by atoms with Gasteiger partial charge in [-0.2, -0.15) is 5.10 Å². The van der Waals surface area contributed by atoms with Crippen LogP contribution in [-0.4, -0.2) is 27.5 Å². The van der Waals surface area contributed by atoms with Crippen LogP contribution in [0.3, 0.4) is 0 Å². The van der Waals surface area contributed by atoms with Gasteiger partial charge in [-0.1, -0.05) is 35.7 Å². The molecule has 2 N–H and O–H groups in total. The second-order valence-corrected chi connectivity index (χ2v) is 10.0. The van der Waals surface area contributed by atoms with E-state index in [1.165, 1.54) is 11.3 Å². The summed E-state index contributed by atoms with van der Waals surface area (Å²) in [6, 6.07) is 7.33. The van der Waals surface area contributed by atoms with Gasteiger partial charge in [0.2, 0.25) is 0 Å². The number of aromatic nitrogens is 2. The minimum absolute atomic E-state index is 0.298. The number of aryl methyl sites for hydroxylation is 1. The van der Waals surface area contributed by atoms with Crippen molar-refractivity contribution in [1.82, 2.24) is 9.78 Å². The third-order valence-corrected chi connectivity index (χ3v) is 7.49. The fourth-order valence-corrected chi connectivity index (χ4v) is 5.72. The summed E-state index contributed by atoms with van der Waals surface area (Å²) in [5.41, 5.74) is 2.71. The number of thiophene rings is 1. The van der Waals surface area contributed by atoms with Crippen LogP contribution in [-0.2, 0) is 24.1 Å². The van der Waals surface area contributed by atoms with Gasteiger partial charge in [-0.15, -0.1) is 11.3 Å². The largest absolute Gasteiger partial charge is 0.462 e. The third kappa shape index (κ3) is 5.87. The number of halogens is 2. The lowest BCUT2D eigenvalue weighted by Crippen LogP contribution is -2.21. The number of esters is 1. The van der Waals surface area contributed by atoms with Gasteiger partial charge in [-0.05, 0) is 68.1 Å². The summed E-state index contributed by atoms with van der Waals surface area (Å²) < 4.78 is 7.12. The van der Waals surface area contributed by atoms with E-state index < -0.39 is 0 Å². The minimum atomic E-state index is -0.298. The molecule has 0 aliphatic heterocycles. The van der Waals surface area contributed by atoms with E-state index >= 15 is 0 Å². The summed E-state index contributed by atoms with van der Waals surface area (Å²) in [4.78, 5) is 14.0. The lowest BCUT2D eigenvalue weighted by molar-refractivity contribution is 0.0527. The monoisotopic (exact) mass is 522 g/mol. The number of fused-ring (bicyclic) bond motifs is 1. The molecule has 4 rings (SSSR count). The second kappa shape index (κ2) is 10.9. The number of benzene rings is 1. The maximum Gasteiger partial charge on any atom is 0.341 e. The van der Waals surface area contributed by atoms with E-state index in [-0.39, 0.29) is 5.97 Å². The van der Waals surface area contributed by atoms with Crippen molar-refractivity contribution in [3.63, 3.8) is 0 Å². The average Bonchev–Trinajstić information content (AvgIpc) is 3.27. The predicted octanol–water partition coefficient (Wildman–Crippen LogP) is 6.55. The summed E-state index contributed by atoms with van der Waals surface area (Å²) in [6.07, 6.45) is 7.11. The van der Waals surface area contributed by atoms with Gasteiger partial charge in [0, 0.05) is 17.1 Å². The van der Waals surface area contributed by atoms with Crippen LogP contribution < -0.4 is 10.6 Å². The van der Waals surface area contributed by atoms with E-state index in [1.54, 1.807) is 22.1 Å². The molecule has 0 fully saturated rings. The molecule has 10 heteroatoms. The lowest BCUT2D eigenvalue weighted by Gasteiger charge is -2.10. The number of carbonyl (C=O) groups excluding carboxylic acids is 1. The van der Waals surface area contributed by atoms with E-state index in [4.69, 9.17) is 40.2 Å². The van der Waals surface area contributed by atoms with Gasteiger partial charge in [0.15, 0.2) is 10.9 Å². The van der Waals surface area contributed by atoms with E-state index in [1.807, 2.05) is 31.3 Å². The number of nitrogens with one attached hydrogen (secondary N) is 2. The van der Waals surface area contributed by atoms with Crippen LogP contribution in [0.5, 0.6) is 0 Å². The molecule has 1 aromatic carbocycles. The number of ether oxygens (including phenoxy) is 1. The van der Waals surface area contributed by atoms with Crippen molar-refractivity contribution >= 4 is 68.7 Å². The SMILES string of the molecule is CCOC(=O)c1c(NC(=S)Nc2ccn(Cc3ccc(Cl)c(Cl)c3)n2)sc2c1CCCCC2. The Kier molecular flexibility index (Phi) is 7.90. The van der Waals surface area contributed by atoms with E-state index in [0.717, 1.165) is 41.8 Å². The van der Waals surface area contributed by atoms with Crippen molar-refractivity contribution in [3.8, 4) is 0 Å². The molecule has 0 saturated heterocycles. The highest BCUT2D eigenvalue weighted by atomic mass is 35.5. The molecule has 1 aliphatic rings. The van der Waals surface area contributed by atoms with Gasteiger partial charge in [-0.3, -0.25) is 4.68 Å². The minimum Gasteiger partial charge on any atom is -0.462 e. The second-order valence-electron chi connectivity index (χ2n) is 7.72. The third-order valence-electron chi connectivity index (χ3n) is 5.34. The number of nitrogens with zero attached hydrogens (tertiary/aromatic N) is 2. The number of rotatable bonds is 6. The molecule has 0 unspecified atom stereocenters. The summed E-state index contributed by atoms with van der Waals surface area (Å²) in [7, 11) is 0. The van der Waals surface area contributed by atoms with Crippen molar-refractivity contribution in [1.29, 1.82) is 0 Å². The molecule has 3 aromatic rings. The van der Waals surface area contributed by atoms with Crippen LogP contribution in [0, 0.1) is 0 Å². The maximum atomic E-state index is 12.7. The Bertz CT molecular complexity index is 1180. The Hall–Kier alpha value is -2.13. The zero-order valence-corrected chi connectivity index (χ0v) is 21.3. The Morgan fingerprint density at radius 1 is 1.18 bits per heavy atom. The Morgan fingerprint density at radius 3 is 2.79 bits per heavy atom. The summed E-state index contributed by atoms with van der Waals surface area (Å²) in [5.74, 6) is 0.302. The number of hydrogen-bond acceptors (Lipinski definition) is 5. The first-order valence-electron chi connectivity index (χ1n) is 10.8. The maximum absolute atomic E-state index is 12.7. The Labute approximate surface area is 212 Å². The quantitative estimate of drug-likeness (QED) is 0.217. The Morgan fingerprint density at radius 2 is 2.00 bits per heavy atom. The zero-order chi connectivity index (χ0) is 23.4. The number of anilines is 2. The van der Waals surface area contributed by atoms with Crippen LogP contribution >= 0.6 is 46.8 Å². The molecule has 0 radical (unpaired) electrons. The van der Waals surface area contributed by atoms with Gasteiger partial charge < -0.3 is 15.4 Å². The van der Waals surface area contributed by atoms with E-state index in [2.05, 4.69) is 15.7 Å². The van der Waals surface area contributed by atoms with Gasteiger partial charge in [0.05, 0.1) is 28.8 Å². The molecule has 2 aromatic heterocycles. The lowest BCUT2D eigenvalue weighted by atomic mass is 10.1. The van der Waals surface area contributed by atoms with E-state index in [0.29, 0.717) is 39.7 Å². The molecular formula is C23H24Cl2N4O2S2. The van der Waals surface area contributed by atoms with Crippen molar-refractivity contribution < 1.29 is 9.53 Å². The van der Waals surface area contributed by atoms with Crippen molar-refractivity contribution in [2.24, 2.45) is 0 Å². The van der Waals surface area contributed by atoms with Gasteiger partial charge in [0.25, 0.3) is 0 Å². The molecule has 0 amide bonds. The molecule has 0 spiro atoms. The first-order valence-corrected chi connectivity index (χ1v) is 12.8. The van der Waals surface area contributed by atoms with Crippen LogP contribution in [0.4, 0.5) is 10.8 Å². The fraction of sp³-hybridized carbons (Fsp3) is 0.348. The normalized spacial score (nSPS) is 13.2. The fourth-order valence-electron chi connectivity index (χ4n) is 3.84. The first-order chi connectivity index (χ1) is 15.9. The molecule has 33 heavy (non-hydrogen) atoms. The van der Waals surface area contributed by atoms with E-state index in [9.17, 15) is 4.79 Å². The average molecular weight is 524 g/mol. The van der Waals surface area contributed by atoms with Crippen LogP contribution in [0.1, 0.15) is 52.5 Å². The molecule has 0 saturated carbocycles. The van der Waals surface area contributed by atoms with Crippen molar-refractivity contribution in [2.75, 3.05) is 17.2 Å². The molecule has 0 bridgehead atoms. The topological polar surface area (TPSA) is 68.2 Å². The summed E-state index contributed by atoms with van der Waals surface area (Å²) in [5, 5.41) is 13.0. The van der Waals surface area contributed by atoms with Crippen molar-refractivity contribution in [3.05, 3.63) is 62.1 Å². The smallest absolute Gasteiger partial charge is 0.341 e. The molecular weight excluding hydrogens is 499 g/mol. The standard InChI is InChI=1S/C23H24Cl2N4O2S2/c1-2-31-22(30)20-15-6-4-3-5-7-18(15)33-21(20)27-23(32)26-19-10-11-29(28-19)13-14-8-9-16(24)17(25)12-14/h8-12H,2-7,13H2,1H3,(H2,26,27,28,32).